The van der Waals surface area contributed by atoms with E-state index in [0.717, 1.165) is 29.2 Å². The van der Waals surface area contributed by atoms with Gasteiger partial charge in [-0.15, -0.1) is 10.2 Å². The van der Waals surface area contributed by atoms with Crippen molar-refractivity contribution in [3.05, 3.63) is 89.5 Å². The average Bonchev–Trinajstić information content (AvgIpc) is 3.31. The van der Waals surface area contributed by atoms with Crippen LogP contribution in [0.15, 0.2) is 78.0 Å². The van der Waals surface area contributed by atoms with Crippen molar-refractivity contribution in [2.75, 3.05) is 12.4 Å². The lowest BCUT2D eigenvalue weighted by atomic mass is 9.87. The fourth-order valence-corrected chi connectivity index (χ4v) is 4.75. The van der Waals surface area contributed by atoms with E-state index in [-0.39, 0.29) is 17.0 Å². The maximum absolute atomic E-state index is 12.9. The van der Waals surface area contributed by atoms with Gasteiger partial charge in [-0.25, -0.2) is 0 Å². The van der Waals surface area contributed by atoms with Gasteiger partial charge in [0.1, 0.15) is 5.75 Å². The molecule has 4 aromatic rings. The molecule has 0 radical (unpaired) electrons. The van der Waals surface area contributed by atoms with Gasteiger partial charge in [-0.3, -0.25) is 9.36 Å². The zero-order valence-corrected chi connectivity index (χ0v) is 22.4. The number of benzene rings is 3. The Hall–Kier alpha value is -3.38. The van der Waals surface area contributed by atoms with E-state index in [9.17, 15) is 4.79 Å². The highest BCUT2D eigenvalue weighted by atomic mass is 32.2. The first-order valence-corrected chi connectivity index (χ1v) is 13.3. The number of aromatic nitrogens is 3. The van der Waals surface area contributed by atoms with Gasteiger partial charge in [0, 0.05) is 16.8 Å². The number of carbonyl (C=O) groups excluding carboxylic acids is 1. The third-order valence-electron chi connectivity index (χ3n) is 6.06. The minimum absolute atomic E-state index is 0.0675. The van der Waals surface area contributed by atoms with Crippen LogP contribution >= 0.6 is 11.8 Å². The highest BCUT2D eigenvalue weighted by Crippen LogP contribution is 2.31. The number of Topliss-reactive ketones (excluding diaryl/α,β-unsaturated/α-hetero) is 1. The summed E-state index contributed by atoms with van der Waals surface area (Å²) in [6.45, 7) is 11.3. The second-order valence-corrected chi connectivity index (χ2v) is 10.6. The number of rotatable bonds is 9. The highest BCUT2D eigenvalue weighted by molar-refractivity contribution is 7.99. The number of aryl methyl sites for hydroxylation is 1. The van der Waals surface area contributed by atoms with Gasteiger partial charge in [0.25, 0.3) is 0 Å². The lowest BCUT2D eigenvalue weighted by Gasteiger charge is -2.19. The second-order valence-electron chi connectivity index (χ2n) is 9.66. The summed E-state index contributed by atoms with van der Waals surface area (Å²) < 4.78 is 7.64. The smallest absolute Gasteiger partial charge is 0.196 e. The summed E-state index contributed by atoms with van der Waals surface area (Å²) in [5.41, 5.74) is 5.14. The third kappa shape index (κ3) is 5.88. The molecule has 0 saturated heterocycles. The Morgan fingerprint density at radius 3 is 2.14 bits per heavy atom. The summed E-state index contributed by atoms with van der Waals surface area (Å²) in [6.07, 6.45) is 0.952. The van der Waals surface area contributed by atoms with Gasteiger partial charge in [0.15, 0.2) is 16.8 Å². The molecule has 0 atom stereocenters. The molecule has 0 unspecified atom stereocenters. The molecule has 0 aliphatic carbocycles. The fraction of sp³-hybridized carbons (Fsp3) is 0.300. The second kappa shape index (κ2) is 11.1. The van der Waals surface area contributed by atoms with Gasteiger partial charge < -0.3 is 4.74 Å². The number of hydrogen-bond acceptors (Lipinski definition) is 5. The van der Waals surface area contributed by atoms with E-state index < -0.39 is 0 Å². The standard InChI is InChI=1S/C30H33N3O2S/c1-6-21-8-10-22(11-9-21)27(34)20-36-29-32-31-28(23-12-14-24(15-13-23)30(3,4)5)33(29)25-16-18-26(19-17-25)35-7-2/h8-19H,6-7,20H2,1-5H3. The number of carbonyl (C=O) groups is 1. The SMILES string of the molecule is CCOc1ccc(-n2c(SCC(=O)c3ccc(CC)cc3)nnc2-c2ccc(C(C)(C)C)cc2)cc1. The molecule has 186 valence electrons. The fourth-order valence-electron chi connectivity index (χ4n) is 3.90. The number of ether oxygens (including phenoxy) is 1. The molecule has 5 nitrogen and oxygen atoms in total. The number of hydrogen-bond donors (Lipinski definition) is 0. The number of thioether (sulfide) groups is 1. The Kier molecular flexibility index (Phi) is 7.94. The molecular weight excluding hydrogens is 466 g/mol. The molecular formula is C30H33N3O2S. The highest BCUT2D eigenvalue weighted by Gasteiger charge is 2.19. The van der Waals surface area contributed by atoms with Crippen LogP contribution in [0.5, 0.6) is 5.75 Å². The van der Waals surface area contributed by atoms with E-state index in [4.69, 9.17) is 4.74 Å². The summed E-state index contributed by atoms with van der Waals surface area (Å²) in [4.78, 5) is 12.9. The maximum Gasteiger partial charge on any atom is 0.196 e. The van der Waals surface area contributed by atoms with Gasteiger partial charge in [-0.05, 0) is 54.2 Å². The number of nitrogens with zero attached hydrogens (tertiary/aromatic N) is 3. The molecule has 0 N–H and O–H groups in total. The molecule has 0 amide bonds. The summed E-state index contributed by atoms with van der Waals surface area (Å²) in [7, 11) is 0. The molecule has 0 fully saturated rings. The molecule has 0 bridgehead atoms. The zero-order chi connectivity index (χ0) is 25.7. The van der Waals surface area contributed by atoms with Crippen LogP contribution in [0.2, 0.25) is 0 Å². The Balaban J connectivity index is 1.66. The molecule has 1 heterocycles. The van der Waals surface area contributed by atoms with E-state index in [1.54, 1.807) is 0 Å². The van der Waals surface area contributed by atoms with E-state index in [1.807, 2.05) is 60.0 Å². The maximum atomic E-state index is 12.9. The van der Waals surface area contributed by atoms with Crippen molar-refractivity contribution < 1.29 is 9.53 Å². The van der Waals surface area contributed by atoms with Crippen molar-refractivity contribution in [1.82, 2.24) is 14.8 Å². The van der Waals surface area contributed by atoms with Crippen LogP contribution in [0, 0.1) is 0 Å². The zero-order valence-electron chi connectivity index (χ0n) is 21.6. The van der Waals surface area contributed by atoms with Crippen LogP contribution in [-0.4, -0.2) is 32.9 Å². The van der Waals surface area contributed by atoms with E-state index >= 15 is 0 Å². The minimum Gasteiger partial charge on any atom is -0.494 e. The van der Waals surface area contributed by atoms with E-state index in [0.29, 0.717) is 17.3 Å². The molecule has 4 rings (SSSR count). The van der Waals surface area contributed by atoms with Gasteiger partial charge in [0.2, 0.25) is 0 Å². The molecule has 0 saturated carbocycles. The van der Waals surface area contributed by atoms with Crippen molar-refractivity contribution in [3.8, 4) is 22.8 Å². The first-order chi connectivity index (χ1) is 17.3. The lowest BCUT2D eigenvalue weighted by Crippen LogP contribution is -2.10. The van der Waals surface area contributed by atoms with Crippen LogP contribution in [0.3, 0.4) is 0 Å². The Morgan fingerprint density at radius 2 is 1.56 bits per heavy atom. The normalized spacial score (nSPS) is 11.5. The van der Waals surface area contributed by atoms with Crippen LogP contribution in [0.25, 0.3) is 17.1 Å². The molecule has 6 heteroatoms. The summed E-state index contributed by atoms with van der Waals surface area (Å²) in [6, 6.07) is 24.2. The summed E-state index contributed by atoms with van der Waals surface area (Å²) in [5, 5.41) is 9.69. The van der Waals surface area contributed by atoms with Crippen LogP contribution < -0.4 is 4.74 Å². The Morgan fingerprint density at radius 1 is 0.889 bits per heavy atom. The monoisotopic (exact) mass is 499 g/mol. The van der Waals surface area contributed by atoms with E-state index in [2.05, 4.69) is 62.2 Å². The molecule has 1 aromatic heterocycles. The van der Waals surface area contributed by atoms with Gasteiger partial charge in [-0.2, -0.15) is 0 Å². The van der Waals surface area contributed by atoms with Crippen molar-refractivity contribution >= 4 is 17.5 Å². The van der Waals surface area contributed by atoms with Crippen molar-refractivity contribution in [2.45, 2.75) is 51.6 Å². The first kappa shape index (κ1) is 25.7. The van der Waals surface area contributed by atoms with Crippen molar-refractivity contribution in [2.24, 2.45) is 0 Å². The lowest BCUT2D eigenvalue weighted by molar-refractivity contribution is 0.102. The first-order valence-electron chi connectivity index (χ1n) is 12.3. The molecule has 36 heavy (non-hydrogen) atoms. The topological polar surface area (TPSA) is 57.0 Å². The predicted octanol–water partition coefficient (Wildman–Crippen LogP) is 7.17. The third-order valence-corrected chi connectivity index (χ3v) is 6.99. The molecule has 0 aliphatic rings. The van der Waals surface area contributed by atoms with Crippen LogP contribution in [0.4, 0.5) is 0 Å². The van der Waals surface area contributed by atoms with E-state index in [1.165, 1.54) is 22.9 Å². The minimum atomic E-state index is 0.0675. The summed E-state index contributed by atoms with van der Waals surface area (Å²) in [5.74, 6) is 1.90. The predicted molar refractivity (Wildman–Crippen MR) is 148 cm³/mol. The van der Waals surface area contributed by atoms with Gasteiger partial charge in [-0.1, -0.05) is 88.0 Å². The molecule has 0 spiro atoms. The largest absolute Gasteiger partial charge is 0.494 e. The Bertz CT molecular complexity index is 1300. The Labute approximate surface area is 217 Å². The van der Waals surface area contributed by atoms with Crippen LogP contribution in [0.1, 0.15) is 56.1 Å². The van der Waals surface area contributed by atoms with Crippen LogP contribution in [-0.2, 0) is 11.8 Å². The average molecular weight is 500 g/mol. The quantitative estimate of drug-likeness (QED) is 0.180. The number of ketones is 1. The van der Waals surface area contributed by atoms with Crippen molar-refractivity contribution in [3.63, 3.8) is 0 Å². The van der Waals surface area contributed by atoms with Gasteiger partial charge >= 0.3 is 0 Å². The summed E-state index contributed by atoms with van der Waals surface area (Å²) >= 11 is 1.40. The molecule has 0 aliphatic heterocycles. The molecule has 3 aromatic carbocycles. The van der Waals surface area contributed by atoms with Crippen molar-refractivity contribution in [1.29, 1.82) is 0 Å². The van der Waals surface area contributed by atoms with Gasteiger partial charge in [0.05, 0.1) is 12.4 Å².